The van der Waals surface area contributed by atoms with E-state index in [2.05, 4.69) is 28.3 Å². The topological polar surface area (TPSA) is 116 Å². The molecule has 0 aliphatic carbocycles. The van der Waals surface area contributed by atoms with Crippen LogP contribution in [0, 0.1) is 11.3 Å². The van der Waals surface area contributed by atoms with E-state index in [9.17, 15) is 15.2 Å². The molecular weight excluding hydrogens is 432 g/mol. The minimum Gasteiger partial charge on any atom is -0.489 e. The second-order valence-corrected chi connectivity index (χ2v) is 9.79. The van der Waals surface area contributed by atoms with Crippen LogP contribution in [0.25, 0.3) is 16.6 Å². The molecule has 9 heteroatoms. The molecule has 0 saturated carbocycles. The molecular formula is C25H30N6O3. The number of pyridine rings is 2. The summed E-state index contributed by atoms with van der Waals surface area (Å²) >= 11 is 0. The number of rotatable bonds is 6. The maximum Gasteiger partial charge on any atom is 0.217 e. The molecule has 9 nitrogen and oxygen atoms in total. The Labute approximate surface area is 199 Å². The third kappa shape index (κ3) is 5.13. The summed E-state index contributed by atoms with van der Waals surface area (Å²) in [7, 11) is 0. The molecule has 0 unspecified atom stereocenters. The summed E-state index contributed by atoms with van der Waals surface area (Å²) in [5.41, 5.74) is 1.58. The lowest BCUT2D eigenvalue weighted by molar-refractivity contribution is -0.120. The van der Waals surface area contributed by atoms with Crippen LogP contribution in [-0.2, 0) is 4.79 Å². The van der Waals surface area contributed by atoms with E-state index < -0.39 is 5.60 Å². The third-order valence-corrected chi connectivity index (χ3v) is 6.03. The van der Waals surface area contributed by atoms with Gasteiger partial charge in [0.1, 0.15) is 24.2 Å². The average molecular weight is 463 g/mol. The maximum atomic E-state index is 11.5. The quantitative estimate of drug-likeness (QED) is 0.579. The molecule has 0 atom stereocenters. The molecule has 0 aromatic carbocycles. The van der Waals surface area contributed by atoms with Crippen LogP contribution in [0.5, 0.6) is 5.75 Å². The van der Waals surface area contributed by atoms with Crippen LogP contribution in [0.2, 0.25) is 0 Å². The van der Waals surface area contributed by atoms with Crippen molar-refractivity contribution in [1.29, 1.82) is 5.26 Å². The minimum absolute atomic E-state index is 0.00452. The zero-order chi connectivity index (χ0) is 24.5. The molecule has 1 amide bonds. The van der Waals surface area contributed by atoms with E-state index in [4.69, 9.17) is 9.72 Å². The van der Waals surface area contributed by atoms with E-state index in [1.165, 1.54) is 6.20 Å². The summed E-state index contributed by atoms with van der Waals surface area (Å²) in [5.74, 6) is 1.40. The van der Waals surface area contributed by atoms with Gasteiger partial charge in [-0.15, -0.1) is 0 Å². The van der Waals surface area contributed by atoms with E-state index in [1.54, 1.807) is 37.7 Å². The molecule has 0 bridgehead atoms. The maximum absolute atomic E-state index is 11.5. The molecule has 1 aliphatic rings. The highest BCUT2D eigenvalue weighted by molar-refractivity contribution is 5.85. The zero-order valence-electron chi connectivity index (χ0n) is 20.0. The van der Waals surface area contributed by atoms with Crippen LogP contribution >= 0.6 is 0 Å². The van der Waals surface area contributed by atoms with Gasteiger partial charge in [0, 0.05) is 42.9 Å². The Morgan fingerprint density at radius 1 is 1.32 bits per heavy atom. The Morgan fingerprint density at radius 2 is 2.06 bits per heavy atom. The molecule has 0 spiro atoms. The molecule has 4 rings (SSSR count). The van der Waals surface area contributed by atoms with E-state index in [-0.39, 0.29) is 18.1 Å². The second kappa shape index (κ2) is 8.95. The Kier molecular flexibility index (Phi) is 6.19. The number of hydrogen-bond donors (Lipinski definition) is 2. The van der Waals surface area contributed by atoms with Gasteiger partial charge in [-0.1, -0.05) is 0 Å². The number of nitriles is 1. The minimum atomic E-state index is -0.981. The molecule has 1 aliphatic heterocycles. The van der Waals surface area contributed by atoms with Gasteiger partial charge in [-0.2, -0.15) is 10.4 Å². The highest BCUT2D eigenvalue weighted by atomic mass is 16.5. The van der Waals surface area contributed by atoms with E-state index in [1.807, 2.05) is 18.2 Å². The zero-order valence-corrected chi connectivity index (χ0v) is 20.0. The first kappa shape index (κ1) is 23.5. The van der Waals surface area contributed by atoms with Crippen LogP contribution in [0.1, 0.15) is 46.1 Å². The van der Waals surface area contributed by atoms with E-state index in [0.717, 1.165) is 42.9 Å². The highest BCUT2D eigenvalue weighted by Crippen LogP contribution is 2.32. The predicted molar refractivity (Wildman–Crippen MR) is 129 cm³/mol. The van der Waals surface area contributed by atoms with Gasteiger partial charge in [0.05, 0.1) is 29.1 Å². The lowest BCUT2D eigenvalue weighted by Crippen LogP contribution is -2.53. The molecule has 178 valence electrons. The first-order chi connectivity index (χ1) is 16.1. The number of piperidine rings is 1. The Balaban J connectivity index is 1.60. The highest BCUT2D eigenvalue weighted by Gasteiger charge is 2.31. The van der Waals surface area contributed by atoms with E-state index in [0.29, 0.717) is 16.8 Å². The van der Waals surface area contributed by atoms with Crippen molar-refractivity contribution >= 4 is 17.2 Å². The van der Waals surface area contributed by atoms with Gasteiger partial charge in [-0.3, -0.25) is 4.79 Å². The molecule has 3 aromatic rings. The molecule has 2 N–H and O–H groups in total. The summed E-state index contributed by atoms with van der Waals surface area (Å²) in [5, 5.41) is 27.0. The van der Waals surface area contributed by atoms with Crippen molar-refractivity contribution in [3.8, 4) is 22.9 Å². The first-order valence-electron chi connectivity index (χ1n) is 11.3. The molecule has 0 radical (unpaired) electrons. The lowest BCUT2D eigenvalue weighted by Gasteiger charge is -2.40. The number of aliphatic hydroxyl groups is 1. The van der Waals surface area contributed by atoms with Crippen LogP contribution in [0.3, 0.4) is 0 Å². The van der Waals surface area contributed by atoms with Crippen LogP contribution in [-0.4, -0.2) is 56.4 Å². The van der Waals surface area contributed by atoms with Crippen molar-refractivity contribution in [2.45, 2.75) is 51.7 Å². The number of nitrogens with zero attached hydrogens (tertiary/aromatic N) is 5. The van der Waals surface area contributed by atoms with Crippen LogP contribution in [0.15, 0.2) is 36.8 Å². The van der Waals surface area contributed by atoms with Gasteiger partial charge in [-0.05, 0) is 51.8 Å². The summed E-state index contributed by atoms with van der Waals surface area (Å²) in [6.07, 6.45) is 6.71. The van der Waals surface area contributed by atoms with Gasteiger partial charge < -0.3 is 20.1 Å². The smallest absolute Gasteiger partial charge is 0.217 e. The fourth-order valence-electron chi connectivity index (χ4n) is 4.25. The number of anilines is 1. The van der Waals surface area contributed by atoms with Crippen molar-refractivity contribution in [2.24, 2.45) is 0 Å². The fraction of sp³-hybridized carbons (Fsp3) is 0.440. The number of fused-ring (bicyclic) bond motifs is 1. The average Bonchev–Trinajstić information content (AvgIpc) is 3.20. The summed E-state index contributed by atoms with van der Waals surface area (Å²) in [6, 6.07) is 8.00. The van der Waals surface area contributed by atoms with Crippen molar-refractivity contribution < 1.29 is 14.6 Å². The largest absolute Gasteiger partial charge is 0.489 e. The number of nitrogens with one attached hydrogen (secondary N) is 1. The monoisotopic (exact) mass is 462 g/mol. The second-order valence-electron chi connectivity index (χ2n) is 9.79. The Hall–Kier alpha value is -3.64. The number of carbonyl (C=O) groups excluding carboxylic acids is 1. The van der Waals surface area contributed by atoms with Gasteiger partial charge in [-0.25, -0.2) is 9.50 Å². The van der Waals surface area contributed by atoms with Gasteiger partial charge in [0.15, 0.2) is 0 Å². The number of aromatic nitrogens is 3. The van der Waals surface area contributed by atoms with Gasteiger partial charge >= 0.3 is 0 Å². The predicted octanol–water partition coefficient (Wildman–Crippen LogP) is 2.91. The third-order valence-electron chi connectivity index (χ3n) is 6.03. The lowest BCUT2D eigenvalue weighted by atomic mass is 9.89. The fourth-order valence-corrected chi connectivity index (χ4v) is 4.25. The van der Waals surface area contributed by atoms with Gasteiger partial charge in [0.25, 0.3) is 0 Å². The van der Waals surface area contributed by atoms with Crippen molar-refractivity contribution in [3.63, 3.8) is 0 Å². The SMILES string of the molecule is CC(=O)NC1(C)CCN(c2ccc(-c3cc(OCC(C)(C)O)cn4ncc(C#N)c34)cn2)CC1. The van der Waals surface area contributed by atoms with Crippen LogP contribution < -0.4 is 15.0 Å². The Morgan fingerprint density at radius 3 is 2.65 bits per heavy atom. The van der Waals surface area contributed by atoms with Crippen molar-refractivity contribution in [1.82, 2.24) is 19.9 Å². The summed E-state index contributed by atoms with van der Waals surface area (Å²) < 4.78 is 7.42. The number of ether oxygens (including phenoxy) is 1. The number of amides is 1. The molecule has 34 heavy (non-hydrogen) atoms. The summed E-state index contributed by atoms with van der Waals surface area (Å²) in [6.45, 7) is 8.71. The van der Waals surface area contributed by atoms with Crippen LogP contribution in [0.4, 0.5) is 5.82 Å². The van der Waals surface area contributed by atoms with E-state index >= 15 is 0 Å². The van der Waals surface area contributed by atoms with Crippen molar-refractivity contribution in [2.75, 3.05) is 24.6 Å². The summed E-state index contributed by atoms with van der Waals surface area (Å²) in [4.78, 5) is 18.4. The normalized spacial score (nSPS) is 15.7. The first-order valence-corrected chi connectivity index (χ1v) is 11.3. The van der Waals surface area contributed by atoms with Crippen molar-refractivity contribution in [3.05, 3.63) is 42.4 Å². The molecule has 3 aromatic heterocycles. The molecule has 1 fully saturated rings. The molecule has 4 heterocycles. The number of hydrogen-bond acceptors (Lipinski definition) is 7. The Bertz CT molecular complexity index is 1230. The standard InChI is InChI=1S/C25H30N6O3/c1-17(32)29-25(4)7-9-30(10-8-25)22-6-5-18(13-27-22)21-11-20(34-16-24(2,3)33)15-31-23(21)19(12-26)14-28-31/h5-6,11,13-15,33H,7-10,16H2,1-4H3,(H,29,32). The van der Waals surface area contributed by atoms with Gasteiger partial charge in [0.2, 0.25) is 5.91 Å². The number of carbonyl (C=O) groups is 1. The molecule has 1 saturated heterocycles.